The minimum absolute atomic E-state index is 0.164. The smallest absolute Gasteiger partial charge is 0.407 e. The second-order valence-electron chi connectivity index (χ2n) is 5.93. The third-order valence-corrected chi connectivity index (χ3v) is 3.35. The van der Waals surface area contributed by atoms with Gasteiger partial charge in [-0.2, -0.15) is 0 Å². The standard InChI is InChI=1S/C16H22BrNO4/c1-16(2,3)22-15(20)18-10-12(14(19)21-4)9-11-5-7-13(17)8-6-11/h5-8,12H,9-10H2,1-4H3,(H,18,20)/t12-/m0/s1. The molecule has 0 fully saturated rings. The predicted molar refractivity (Wildman–Crippen MR) is 87.6 cm³/mol. The van der Waals surface area contributed by atoms with Gasteiger partial charge in [0, 0.05) is 11.0 Å². The van der Waals surface area contributed by atoms with Crippen molar-refractivity contribution >= 4 is 28.0 Å². The van der Waals surface area contributed by atoms with Crippen LogP contribution in [-0.2, 0) is 20.7 Å². The van der Waals surface area contributed by atoms with Crippen LogP contribution >= 0.6 is 15.9 Å². The lowest BCUT2D eigenvalue weighted by atomic mass is 9.99. The fourth-order valence-electron chi connectivity index (χ4n) is 1.83. The molecule has 0 heterocycles. The summed E-state index contributed by atoms with van der Waals surface area (Å²) in [5, 5.41) is 2.61. The predicted octanol–water partition coefficient (Wildman–Crippen LogP) is 3.31. The molecule has 0 radical (unpaired) electrons. The van der Waals surface area contributed by atoms with Crippen molar-refractivity contribution in [3.63, 3.8) is 0 Å². The summed E-state index contributed by atoms with van der Waals surface area (Å²) in [6.07, 6.45) is -0.0624. The number of benzene rings is 1. The highest BCUT2D eigenvalue weighted by Gasteiger charge is 2.22. The Balaban J connectivity index is 2.63. The molecule has 0 aliphatic carbocycles. The SMILES string of the molecule is COC(=O)[C@H](CNC(=O)OC(C)(C)C)Cc1ccc(Br)cc1. The fourth-order valence-corrected chi connectivity index (χ4v) is 2.10. The van der Waals surface area contributed by atoms with Crippen molar-refractivity contribution in [2.24, 2.45) is 5.92 Å². The van der Waals surface area contributed by atoms with Crippen LogP contribution in [0.5, 0.6) is 0 Å². The Hall–Kier alpha value is -1.56. The third-order valence-electron chi connectivity index (χ3n) is 2.82. The number of rotatable bonds is 5. The number of ether oxygens (including phenoxy) is 2. The normalized spacial score (nSPS) is 12.4. The van der Waals surface area contributed by atoms with Gasteiger partial charge in [-0.05, 0) is 44.9 Å². The van der Waals surface area contributed by atoms with E-state index in [0.29, 0.717) is 6.42 Å². The maximum absolute atomic E-state index is 11.9. The van der Waals surface area contributed by atoms with Gasteiger partial charge in [-0.15, -0.1) is 0 Å². The van der Waals surface area contributed by atoms with Crippen molar-refractivity contribution in [1.29, 1.82) is 0 Å². The Morgan fingerprint density at radius 1 is 1.23 bits per heavy atom. The van der Waals surface area contributed by atoms with Crippen LogP contribution in [0.2, 0.25) is 0 Å². The van der Waals surface area contributed by atoms with E-state index >= 15 is 0 Å². The monoisotopic (exact) mass is 371 g/mol. The zero-order chi connectivity index (χ0) is 16.8. The van der Waals surface area contributed by atoms with Gasteiger partial charge in [0.05, 0.1) is 13.0 Å². The Morgan fingerprint density at radius 3 is 2.32 bits per heavy atom. The molecule has 1 aromatic carbocycles. The summed E-state index contributed by atoms with van der Waals surface area (Å²) in [5.74, 6) is -0.822. The van der Waals surface area contributed by atoms with E-state index in [9.17, 15) is 9.59 Å². The number of halogens is 1. The molecule has 122 valence electrons. The number of alkyl carbamates (subject to hydrolysis) is 1. The maximum atomic E-state index is 11.9. The highest BCUT2D eigenvalue weighted by Crippen LogP contribution is 2.15. The van der Waals surface area contributed by atoms with Crippen LogP contribution in [0.15, 0.2) is 28.7 Å². The van der Waals surface area contributed by atoms with E-state index in [0.717, 1.165) is 10.0 Å². The second-order valence-corrected chi connectivity index (χ2v) is 6.85. The first-order valence-corrected chi connectivity index (χ1v) is 7.79. The molecule has 0 saturated carbocycles. The van der Waals surface area contributed by atoms with Crippen LogP contribution in [-0.4, -0.2) is 31.3 Å². The molecule has 1 atom stereocenters. The van der Waals surface area contributed by atoms with Crippen LogP contribution in [0.25, 0.3) is 0 Å². The quantitative estimate of drug-likeness (QED) is 0.806. The molecule has 0 aromatic heterocycles. The van der Waals surface area contributed by atoms with Gasteiger partial charge in [0.2, 0.25) is 0 Å². The first kappa shape index (κ1) is 18.5. The molecular weight excluding hydrogens is 350 g/mol. The molecule has 1 rings (SSSR count). The van der Waals surface area contributed by atoms with E-state index in [-0.39, 0.29) is 12.5 Å². The van der Waals surface area contributed by atoms with E-state index < -0.39 is 17.6 Å². The lowest BCUT2D eigenvalue weighted by Gasteiger charge is -2.21. The molecule has 0 bridgehead atoms. The molecule has 0 spiro atoms. The molecule has 22 heavy (non-hydrogen) atoms. The molecule has 0 aliphatic rings. The molecule has 5 nitrogen and oxygen atoms in total. The number of nitrogens with one attached hydrogen (secondary N) is 1. The highest BCUT2D eigenvalue weighted by molar-refractivity contribution is 9.10. The number of hydrogen-bond donors (Lipinski definition) is 1. The van der Waals surface area contributed by atoms with Gasteiger partial charge >= 0.3 is 12.1 Å². The highest BCUT2D eigenvalue weighted by atomic mass is 79.9. The summed E-state index contributed by atoms with van der Waals surface area (Å²) in [7, 11) is 1.34. The van der Waals surface area contributed by atoms with Crippen LogP contribution in [0.3, 0.4) is 0 Å². The maximum Gasteiger partial charge on any atom is 0.407 e. The van der Waals surface area contributed by atoms with Crippen LogP contribution in [0.4, 0.5) is 4.79 Å². The minimum atomic E-state index is -0.573. The lowest BCUT2D eigenvalue weighted by molar-refractivity contribution is -0.145. The Morgan fingerprint density at radius 2 is 1.82 bits per heavy atom. The van der Waals surface area contributed by atoms with E-state index in [1.807, 2.05) is 24.3 Å². The third kappa shape index (κ3) is 6.93. The van der Waals surface area contributed by atoms with Gasteiger partial charge in [0.15, 0.2) is 0 Å². The van der Waals surface area contributed by atoms with Gasteiger partial charge in [-0.25, -0.2) is 4.79 Å². The summed E-state index contributed by atoms with van der Waals surface area (Å²) in [5.41, 5.74) is 0.417. The molecular formula is C16H22BrNO4. The number of methoxy groups -OCH3 is 1. The Bertz CT molecular complexity index is 508. The molecule has 1 amide bonds. The molecule has 0 unspecified atom stereocenters. The van der Waals surface area contributed by atoms with Crippen LogP contribution in [0.1, 0.15) is 26.3 Å². The van der Waals surface area contributed by atoms with Gasteiger partial charge in [-0.1, -0.05) is 28.1 Å². The van der Waals surface area contributed by atoms with E-state index in [1.54, 1.807) is 20.8 Å². The van der Waals surface area contributed by atoms with E-state index in [2.05, 4.69) is 21.2 Å². The first-order valence-electron chi connectivity index (χ1n) is 7.00. The van der Waals surface area contributed by atoms with Gasteiger partial charge in [0.25, 0.3) is 0 Å². The van der Waals surface area contributed by atoms with Crippen LogP contribution in [0, 0.1) is 5.92 Å². The first-order chi connectivity index (χ1) is 10.2. The summed E-state index contributed by atoms with van der Waals surface area (Å²) in [6.45, 7) is 5.52. The number of esters is 1. The number of hydrogen-bond acceptors (Lipinski definition) is 4. The minimum Gasteiger partial charge on any atom is -0.469 e. The Labute approximate surface area is 139 Å². The van der Waals surface area contributed by atoms with Gasteiger partial charge < -0.3 is 14.8 Å². The topological polar surface area (TPSA) is 64.6 Å². The summed E-state index contributed by atoms with van der Waals surface area (Å²) >= 11 is 3.37. The second kappa shape index (κ2) is 8.17. The van der Waals surface area contributed by atoms with Crippen molar-refractivity contribution < 1.29 is 19.1 Å². The zero-order valence-electron chi connectivity index (χ0n) is 13.3. The van der Waals surface area contributed by atoms with E-state index in [4.69, 9.17) is 9.47 Å². The summed E-state index contributed by atoms with van der Waals surface area (Å²) < 4.78 is 10.9. The molecule has 1 N–H and O–H groups in total. The average Bonchev–Trinajstić information content (AvgIpc) is 2.42. The van der Waals surface area contributed by atoms with Crippen molar-refractivity contribution in [3.05, 3.63) is 34.3 Å². The molecule has 6 heteroatoms. The fraction of sp³-hybridized carbons (Fsp3) is 0.500. The van der Waals surface area contributed by atoms with Crippen molar-refractivity contribution in [2.75, 3.05) is 13.7 Å². The number of carbonyl (C=O) groups excluding carboxylic acids is 2. The van der Waals surface area contributed by atoms with Crippen molar-refractivity contribution in [2.45, 2.75) is 32.8 Å². The molecule has 0 aliphatic heterocycles. The lowest BCUT2D eigenvalue weighted by Crippen LogP contribution is -2.38. The largest absolute Gasteiger partial charge is 0.469 e. The number of carbonyl (C=O) groups is 2. The number of amides is 1. The zero-order valence-corrected chi connectivity index (χ0v) is 14.9. The van der Waals surface area contributed by atoms with Crippen LogP contribution < -0.4 is 5.32 Å². The molecule has 1 aromatic rings. The van der Waals surface area contributed by atoms with Crippen molar-refractivity contribution in [3.8, 4) is 0 Å². The summed E-state index contributed by atoms with van der Waals surface area (Å²) in [4.78, 5) is 23.5. The Kier molecular flexibility index (Phi) is 6.87. The van der Waals surface area contributed by atoms with Gasteiger partial charge in [0.1, 0.15) is 5.60 Å². The van der Waals surface area contributed by atoms with Gasteiger partial charge in [-0.3, -0.25) is 4.79 Å². The van der Waals surface area contributed by atoms with Crippen molar-refractivity contribution in [1.82, 2.24) is 5.32 Å². The van der Waals surface area contributed by atoms with E-state index in [1.165, 1.54) is 7.11 Å². The average molecular weight is 372 g/mol. The summed E-state index contributed by atoms with van der Waals surface area (Å²) in [6, 6.07) is 7.66. The molecule has 0 saturated heterocycles.